The van der Waals surface area contributed by atoms with Crippen molar-refractivity contribution in [1.29, 1.82) is 0 Å². The van der Waals surface area contributed by atoms with E-state index in [4.69, 9.17) is 0 Å². The van der Waals surface area contributed by atoms with Gasteiger partial charge in [0.2, 0.25) is 11.8 Å². The fourth-order valence-corrected chi connectivity index (χ4v) is 4.87. The minimum absolute atomic E-state index is 0.0226. The van der Waals surface area contributed by atoms with Crippen molar-refractivity contribution >= 4 is 11.8 Å². The number of amides is 2. The molecule has 1 unspecified atom stereocenters. The van der Waals surface area contributed by atoms with Gasteiger partial charge in [-0.15, -0.1) is 0 Å². The Morgan fingerprint density at radius 1 is 1.00 bits per heavy atom. The molecule has 2 saturated carbocycles. The van der Waals surface area contributed by atoms with Crippen LogP contribution in [0.25, 0.3) is 0 Å². The molecule has 0 bridgehead atoms. The summed E-state index contributed by atoms with van der Waals surface area (Å²) in [5.74, 6) is 0.301. The van der Waals surface area contributed by atoms with Crippen LogP contribution in [0.3, 0.4) is 0 Å². The van der Waals surface area contributed by atoms with E-state index in [-0.39, 0.29) is 29.3 Å². The molecule has 1 aromatic rings. The predicted molar refractivity (Wildman–Crippen MR) is 116 cm³/mol. The number of hydrogen-bond donors (Lipinski definition) is 3. The van der Waals surface area contributed by atoms with Crippen LogP contribution in [0.15, 0.2) is 30.3 Å². The molecule has 2 aliphatic rings. The molecule has 29 heavy (non-hydrogen) atoms. The standard InChI is InChI=1S/C24H37N3O2/c1-19(20-10-4-2-5-11-20)27-24(15-8-9-16-24)18-26-22(28)14-17-25-23(29)21-12-6-3-7-13-21/h2,4-5,10-11,19,21,27H,3,6-9,12-18H2,1H3,(H,25,29)(H,26,28). The average Bonchev–Trinajstić information content (AvgIpc) is 3.22. The molecular weight excluding hydrogens is 362 g/mol. The average molecular weight is 400 g/mol. The van der Waals surface area contributed by atoms with Gasteiger partial charge in [0.25, 0.3) is 0 Å². The highest BCUT2D eigenvalue weighted by Gasteiger charge is 2.35. The predicted octanol–water partition coefficient (Wildman–Crippen LogP) is 3.85. The second kappa shape index (κ2) is 10.8. The highest BCUT2D eigenvalue weighted by atomic mass is 16.2. The molecule has 5 nitrogen and oxygen atoms in total. The van der Waals surface area contributed by atoms with E-state index in [2.05, 4.69) is 47.1 Å². The third kappa shape index (κ3) is 6.56. The zero-order chi connectivity index (χ0) is 20.5. The largest absolute Gasteiger partial charge is 0.355 e. The zero-order valence-electron chi connectivity index (χ0n) is 17.8. The molecule has 0 spiro atoms. The lowest BCUT2D eigenvalue weighted by atomic mass is 9.89. The van der Waals surface area contributed by atoms with E-state index >= 15 is 0 Å². The van der Waals surface area contributed by atoms with Gasteiger partial charge in [0.1, 0.15) is 0 Å². The maximum absolute atomic E-state index is 12.4. The van der Waals surface area contributed by atoms with Gasteiger partial charge in [-0.3, -0.25) is 9.59 Å². The Bertz CT molecular complexity index is 649. The molecule has 0 aliphatic heterocycles. The highest BCUT2D eigenvalue weighted by Crippen LogP contribution is 2.32. The first kappa shape index (κ1) is 21.8. The summed E-state index contributed by atoms with van der Waals surface area (Å²) in [5, 5.41) is 9.88. The summed E-state index contributed by atoms with van der Waals surface area (Å²) in [6.07, 6.45) is 10.4. The Labute approximate surface area is 175 Å². The van der Waals surface area contributed by atoms with E-state index in [0.717, 1.165) is 38.5 Å². The third-order valence-electron chi connectivity index (χ3n) is 6.63. The van der Waals surface area contributed by atoms with Crippen LogP contribution in [0, 0.1) is 5.92 Å². The summed E-state index contributed by atoms with van der Waals surface area (Å²) in [4.78, 5) is 24.6. The van der Waals surface area contributed by atoms with Crippen molar-refractivity contribution in [2.24, 2.45) is 5.92 Å². The Kier molecular flexibility index (Phi) is 8.10. The molecule has 3 N–H and O–H groups in total. The van der Waals surface area contributed by atoms with E-state index in [0.29, 0.717) is 19.5 Å². The number of carbonyl (C=O) groups excluding carboxylic acids is 2. The number of carbonyl (C=O) groups is 2. The van der Waals surface area contributed by atoms with Gasteiger partial charge in [-0.25, -0.2) is 0 Å². The van der Waals surface area contributed by atoms with Gasteiger partial charge in [0.15, 0.2) is 0 Å². The normalized spacial score (nSPS) is 20.2. The molecule has 1 aromatic carbocycles. The van der Waals surface area contributed by atoms with Crippen molar-refractivity contribution < 1.29 is 9.59 Å². The molecule has 2 aliphatic carbocycles. The van der Waals surface area contributed by atoms with Crippen molar-refractivity contribution in [3.8, 4) is 0 Å². The van der Waals surface area contributed by atoms with Crippen LogP contribution in [0.5, 0.6) is 0 Å². The second-order valence-corrected chi connectivity index (χ2v) is 8.92. The summed E-state index contributed by atoms with van der Waals surface area (Å²) in [6.45, 7) is 3.28. The lowest BCUT2D eigenvalue weighted by Crippen LogP contribution is -2.52. The number of hydrogen-bond acceptors (Lipinski definition) is 3. The topological polar surface area (TPSA) is 70.2 Å². The van der Waals surface area contributed by atoms with Crippen LogP contribution in [0.4, 0.5) is 0 Å². The second-order valence-electron chi connectivity index (χ2n) is 8.92. The van der Waals surface area contributed by atoms with Crippen LogP contribution >= 0.6 is 0 Å². The first-order valence-electron chi connectivity index (χ1n) is 11.5. The number of benzene rings is 1. The molecule has 160 valence electrons. The Hall–Kier alpha value is -1.88. The minimum atomic E-state index is -0.0315. The third-order valence-corrected chi connectivity index (χ3v) is 6.63. The van der Waals surface area contributed by atoms with Crippen LogP contribution in [0.2, 0.25) is 0 Å². The molecule has 2 amide bonds. The van der Waals surface area contributed by atoms with Crippen LogP contribution in [-0.2, 0) is 9.59 Å². The van der Waals surface area contributed by atoms with E-state index in [1.807, 2.05) is 6.07 Å². The van der Waals surface area contributed by atoms with Crippen LogP contribution < -0.4 is 16.0 Å². The van der Waals surface area contributed by atoms with E-state index < -0.39 is 0 Å². The minimum Gasteiger partial charge on any atom is -0.355 e. The van der Waals surface area contributed by atoms with Gasteiger partial charge >= 0.3 is 0 Å². The summed E-state index contributed by atoms with van der Waals surface area (Å²) in [5.41, 5.74) is 1.24. The Balaban J connectivity index is 1.41. The Morgan fingerprint density at radius 2 is 1.69 bits per heavy atom. The van der Waals surface area contributed by atoms with Gasteiger partial charge in [0, 0.05) is 37.0 Å². The molecule has 0 heterocycles. The van der Waals surface area contributed by atoms with E-state index in [1.165, 1.54) is 24.8 Å². The first-order chi connectivity index (χ1) is 14.1. The molecule has 2 fully saturated rings. The molecule has 0 aromatic heterocycles. The van der Waals surface area contributed by atoms with Gasteiger partial charge in [-0.2, -0.15) is 0 Å². The molecule has 0 saturated heterocycles. The quantitative estimate of drug-likeness (QED) is 0.591. The summed E-state index contributed by atoms with van der Waals surface area (Å²) in [6, 6.07) is 10.7. The maximum atomic E-state index is 12.4. The van der Waals surface area contributed by atoms with Gasteiger partial charge < -0.3 is 16.0 Å². The van der Waals surface area contributed by atoms with Crippen LogP contribution in [0.1, 0.15) is 82.7 Å². The lowest BCUT2D eigenvalue weighted by molar-refractivity contribution is -0.126. The van der Waals surface area contributed by atoms with Gasteiger partial charge in [0.05, 0.1) is 0 Å². The zero-order valence-corrected chi connectivity index (χ0v) is 17.8. The highest BCUT2D eigenvalue weighted by molar-refractivity contribution is 5.80. The van der Waals surface area contributed by atoms with E-state index in [9.17, 15) is 9.59 Å². The van der Waals surface area contributed by atoms with Crippen molar-refractivity contribution in [2.45, 2.75) is 82.7 Å². The molecule has 0 radical (unpaired) electrons. The molecule has 5 heteroatoms. The summed E-state index contributed by atoms with van der Waals surface area (Å²) in [7, 11) is 0. The molecule has 3 rings (SSSR count). The lowest BCUT2D eigenvalue weighted by Gasteiger charge is -2.34. The SMILES string of the molecule is CC(NC1(CNC(=O)CCNC(=O)C2CCCCC2)CCCC1)c1ccccc1. The maximum Gasteiger partial charge on any atom is 0.223 e. The fraction of sp³-hybridized carbons (Fsp3) is 0.667. The van der Waals surface area contributed by atoms with Crippen molar-refractivity contribution in [3.63, 3.8) is 0 Å². The first-order valence-corrected chi connectivity index (χ1v) is 11.5. The smallest absolute Gasteiger partial charge is 0.223 e. The fourth-order valence-electron chi connectivity index (χ4n) is 4.87. The summed E-state index contributed by atoms with van der Waals surface area (Å²) >= 11 is 0. The van der Waals surface area contributed by atoms with E-state index in [1.54, 1.807) is 0 Å². The van der Waals surface area contributed by atoms with Crippen LogP contribution in [-0.4, -0.2) is 30.4 Å². The van der Waals surface area contributed by atoms with Crippen molar-refractivity contribution in [2.75, 3.05) is 13.1 Å². The van der Waals surface area contributed by atoms with Crippen molar-refractivity contribution in [1.82, 2.24) is 16.0 Å². The monoisotopic (exact) mass is 399 g/mol. The summed E-state index contributed by atoms with van der Waals surface area (Å²) < 4.78 is 0. The van der Waals surface area contributed by atoms with Crippen molar-refractivity contribution in [3.05, 3.63) is 35.9 Å². The van der Waals surface area contributed by atoms with Gasteiger partial charge in [-0.1, -0.05) is 62.4 Å². The number of nitrogens with one attached hydrogen (secondary N) is 3. The molecule has 1 atom stereocenters. The Morgan fingerprint density at radius 3 is 2.38 bits per heavy atom. The number of rotatable bonds is 9. The van der Waals surface area contributed by atoms with Gasteiger partial charge in [-0.05, 0) is 38.2 Å². The molecular formula is C24H37N3O2.